The number of anilines is 2. The summed E-state index contributed by atoms with van der Waals surface area (Å²) in [6.07, 6.45) is 3.09. The van der Waals surface area contributed by atoms with E-state index in [2.05, 4.69) is 0 Å². The first-order valence-electron chi connectivity index (χ1n) is 9.88. The van der Waals surface area contributed by atoms with Crippen LogP contribution in [-0.2, 0) is 9.59 Å². The maximum absolute atomic E-state index is 13.5. The van der Waals surface area contributed by atoms with Gasteiger partial charge in [-0.15, -0.1) is 0 Å². The number of nitrogens with zero attached hydrogens (tertiary/aromatic N) is 3. The van der Waals surface area contributed by atoms with Gasteiger partial charge in [0.25, 0.3) is 11.8 Å². The van der Waals surface area contributed by atoms with Crippen molar-refractivity contribution in [1.82, 2.24) is 4.90 Å². The van der Waals surface area contributed by atoms with Crippen molar-refractivity contribution in [3.8, 4) is 0 Å². The standard InChI is InChI=1S/C23H24FN3O2/c1-25(2)18-10-12-19(13-11-18)27-22(28)20(16-6-8-17(24)9-7-16)21(23(27)29)26-14-4-3-5-15-26/h6-13H,3-5,14-15H2,1-2H3. The zero-order chi connectivity index (χ0) is 20.5. The quantitative estimate of drug-likeness (QED) is 0.744. The van der Waals surface area contributed by atoms with E-state index in [-0.39, 0.29) is 17.6 Å². The summed E-state index contributed by atoms with van der Waals surface area (Å²) in [5, 5.41) is 0. The van der Waals surface area contributed by atoms with Gasteiger partial charge in [-0.05, 0) is 61.2 Å². The molecule has 29 heavy (non-hydrogen) atoms. The van der Waals surface area contributed by atoms with Crippen LogP contribution >= 0.6 is 0 Å². The number of amides is 2. The van der Waals surface area contributed by atoms with Crippen LogP contribution in [0.1, 0.15) is 24.8 Å². The molecule has 1 fully saturated rings. The molecule has 5 nitrogen and oxygen atoms in total. The number of likely N-dealkylation sites (tertiary alicyclic amines) is 1. The molecule has 0 unspecified atom stereocenters. The lowest BCUT2D eigenvalue weighted by molar-refractivity contribution is -0.120. The Kier molecular flexibility index (Phi) is 5.09. The Bertz CT molecular complexity index is 959. The van der Waals surface area contributed by atoms with Gasteiger partial charge in [0.05, 0.1) is 11.3 Å². The molecule has 2 aliphatic heterocycles. The van der Waals surface area contributed by atoms with Crippen LogP contribution in [0.15, 0.2) is 54.2 Å². The van der Waals surface area contributed by atoms with Gasteiger partial charge in [0.2, 0.25) is 0 Å². The lowest BCUT2D eigenvalue weighted by Gasteiger charge is -2.29. The summed E-state index contributed by atoms with van der Waals surface area (Å²) in [6, 6.07) is 13.1. The Morgan fingerprint density at radius 3 is 2.03 bits per heavy atom. The first kappa shape index (κ1) is 19.2. The van der Waals surface area contributed by atoms with Crippen molar-refractivity contribution < 1.29 is 14.0 Å². The molecule has 0 spiro atoms. The molecule has 1 saturated heterocycles. The van der Waals surface area contributed by atoms with Gasteiger partial charge >= 0.3 is 0 Å². The highest BCUT2D eigenvalue weighted by Crippen LogP contribution is 2.36. The van der Waals surface area contributed by atoms with E-state index < -0.39 is 0 Å². The maximum atomic E-state index is 13.5. The van der Waals surface area contributed by atoms with Crippen LogP contribution in [0.5, 0.6) is 0 Å². The number of carbonyl (C=O) groups excluding carboxylic acids is 2. The Labute approximate surface area is 170 Å². The third-order valence-electron chi connectivity index (χ3n) is 5.49. The third-order valence-corrected chi connectivity index (χ3v) is 5.49. The van der Waals surface area contributed by atoms with Crippen LogP contribution in [0.25, 0.3) is 5.57 Å². The summed E-state index contributed by atoms with van der Waals surface area (Å²) in [5.74, 6) is -1.05. The minimum atomic E-state index is -0.373. The summed E-state index contributed by atoms with van der Waals surface area (Å²) in [5.41, 5.74) is 2.87. The molecule has 6 heteroatoms. The number of halogens is 1. The van der Waals surface area contributed by atoms with E-state index in [1.165, 1.54) is 17.0 Å². The molecule has 4 rings (SSSR count). The molecule has 2 aliphatic rings. The summed E-state index contributed by atoms with van der Waals surface area (Å²) >= 11 is 0. The fraction of sp³-hybridized carbons (Fsp3) is 0.304. The highest BCUT2D eigenvalue weighted by molar-refractivity contribution is 6.45. The van der Waals surface area contributed by atoms with Crippen molar-refractivity contribution in [2.24, 2.45) is 0 Å². The Morgan fingerprint density at radius 1 is 0.828 bits per heavy atom. The molecule has 2 aromatic carbocycles. The average molecular weight is 393 g/mol. The van der Waals surface area contributed by atoms with Crippen molar-refractivity contribution in [2.45, 2.75) is 19.3 Å². The van der Waals surface area contributed by atoms with Crippen LogP contribution in [0.2, 0.25) is 0 Å². The fourth-order valence-corrected chi connectivity index (χ4v) is 3.94. The minimum absolute atomic E-state index is 0.311. The highest BCUT2D eigenvalue weighted by Gasteiger charge is 2.42. The van der Waals surface area contributed by atoms with E-state index in [9.17, 15) is 14.0 Å². The predicted octanol–water partition coefficient (Wildman–Crippen LogP) is 3.66. The summed E-state index contributed by atoms with van der Waals surface area (Å²) in [6.45, 7) is 1.49. The number of benzene rings is 2. The van der Waals surface area contributed by atoms with Crippen molar-refractivity contribution in [1.29, 1.82) is 0 Å². The lowest BCUT2D eigenvalue weighted by Crippen LogP contribution is -2.37. The largest absolute Gasteiger partial charge is 0.378 e. The van der Waals surface area contributed by atoms with Crippen molar-refractivity contribution in [2.75, 3.05) is 37.0 Å². The molecule has 0 atom stereocenters. The first-order chi connectivity index (χ1) is 14.0. The van der Waals surface area contributed by atoms with E-state index >= 15 is 0 Å². The molecule has 0 aromatic heterocycles. The van der Waals surface area contributed by atoms with Crippen LogP contribution in [0.3, 0.4) is 0 Å². The average Bonchev–Trinajstić information content (AvgIpc) is 2.99. The molecule has 2 aromatic rings. The van der Waals surface area contributed by atoms with Crippen LogP contribution in [0, 0.1) is 5.82 Å². The number of hydrogen-bond donors (Lipinski definition) is 0. The number of piperidine rings is 1. The second-order valence-corrected chi connectivity index (χ2v) is 7.63. The van der Waals surface area contributed by atoms with E-state index in [1.54, 1.807) is 24.3 Å². The normalized spacial score (nSPS) is 17.3. The van der Waals surface area contributed by atoms with Gasteiger partial charge in [-0.2, -0.15) is 0 Å². The molecule has 0 radical (unpaired) electrons. The van der Waals surface area contributed by atoms with E-state index in [0.29, 0.717) is 22.5 Å². The van der Waals surface area contributed by atoms with E-state index in [4.69, 9.17) is 0 Å². The highest BCUT2D eigenvalue weighted by atomic mass is 19.1. The number of carbonyl (C=O) groups is 2. The smallest absolute Gasteiger partial charge is 0.282 e. The van der Waals surface area contributed by atoms with Gasteiger partial charge in [-0.25, -0.2) is 9.29 Å². The van der Waals surface area contributed by atoms with Gasteiger partial charge in [0.15, 0.2) is 0 Å². The van der Waals surface area contributed by atoms with Gasteiger partial charge in [-0.1, -0.05) is 12.1 Å². The zero-order valence-corrected chi connectivity index (χ0v) is 16.7. The van der Waals surface area contributed by atoms with Gasteiger partial charge < -0.3 is 9.80 Å². The summed E-state index contributed by atoms with van der Waals surface area (Å²) in [7, 11) is 3.87. The topological polar surface area (TPSA) is 43.9 Å². The predicted molar refractivity (Wildman–Crippen MR) is 112 cm³/mol. The molecule has 2 amide bonds. The summed E-state index contributed by atoms with van der Waals surface area (Å²) < 4.78 is 13.5. The van der Waals surface area contributed by atoms with Crippen molar-refractivity contribution in [3.05, 3.63) is 65.6 Å². The second kappa shape index (κ2) is 7.70. The molecular weight excluding hydrogens is 369 g/mol. The molecule has 0 N–H and O–H groups in total. The lowest BCUT2D eigenvalue weighted by atomic mass is 10.0. The first-order valence-corrected chi connectivity index (χ1v) is 9.88. The molecule has 0 bridgehead atoms. The maximum Gasteiger partial charge on any atom is 0.282 e. The van der Waals surface area contributed by atoms with E-state index in [1.807, 2.05) is 36.0 Å². The van der Waals surface area contributed by atoms with Gasteiger partial charge in [0, 0.05) is 32.9 Å². The molecular formula is C23H24FN3O2. The second-order valence-electron chi connectivity index (χ2n) is 7.63. The number of imide groups is 1. The zero-order valence-electron chi connectivity index (χ0n) is 16.7. The van der Waals surface area contributed by atoms with Crippen molar-refractivity contribution in [3.63, 3.8) is 0 Å². The van der Waals surface area contributed by atoms with Gasteiger partial charge in [-0.3, -0.25) is 9.59 Å². The number of hydrogen-bond acceptors (Lipinski definition) is 4. The molecule has 150 valence electrons. The van der Waals surface area contributed by atoms with Crippen LogP contribution < -0.4 is 9.80 Å². The van der Waals surface area contributed by atoms with Crippen molar-refractivity contribution >= 4 is 28.8 Å². The van der Waals surface area contributed by atoms with Gasteiger partial charge in [0.1, 0.15) is 11.5 Å². The monoisotopic (exact) mass is 393 g/mol. The van der Waals surface area contributed by atoms with Crippen LogP contribution in [-0.4, -0.2) is 43.9 Å². The minimum Gasteiger partial charge on any atom is -0.378 e. The molecule has 0 aliphatic carbocycles. The van der Waals surface area contributed by atoms with Crippen LogP contribution in [0.4, 0.5) is 15.8 Å². The Balaban J connectivity index is 1.77. The fourth-order valence-electron chi connectivity index (χ4n) is 3.94. The Hall–Kier alpha value is -3.15. The molecule has 0 saturated carbocycles. The third kappa shape index (κ3) is 3.50. The SMILES string of the molecule is CN(C)c1ccc(N2C(=O)C(c3ccc(F)cc3)=C(N3CCCCC3)C2=O)cc1. The Morgan fingerprint density at radius 2 is 1.45 bits per heavy atom. The molecule has 2 heterocycles. The number of rotatable bonds is 4. The van der Waals surface area contributed by atoms with E-state index in [0.717, 1.165) is 38.0 Å². The summed E-state index contributed by atoms with van der Waals surface area (Å²) in [4.78, 5) is 32.0.